The molecule has 0 saturated heterocycles. The van der Waals surface area contributed by atoms with Gasteiger partial charge in [-0.25, -0.2) is 18.2 Å². The molecule has 0 unspecified atom stereocenters. The number of nitrogens with one attached hydrogen (secondary N) is 1. The summed E-state index contributed by atoms with van der Waals surface area (Å²) in [4.78, 5) is 25.8. The van der Waals surface area contributed by atoms with Crippen molar-refractivity contribution < 1.29 is 13.2 Å². The molecular weight excluding hydrogens is 416 g/mol. The van der Waals surface area contributed by atoms with Crippen LogP contribution in [-0.4, -0.2) is 24.1 Å². The molecule has 0 aliphatic rings. The highest BCUT2D eigenvalue weighted by Crippen LogP contribution is 2.18. The number of aromatic nitrogens is 2. The molecule has 0 spiro atoms. The van der Waals surface area contributed by atoms with Crippen molar-refractivity contribution in [2.75, 3.05) is 5.32 Å². The zero-order valence-electron chi connectivity index (χ0n) is 16.2. The molecule has 4 rings (SSSR count). The Morgan fingerprint density at radius 2 is 1.61 bits per heavy atom. The molecule has 156 valence electrons. The van der Waals surface area contributed by atoms with Gasteiger partial charge in [-0.05, 0) is 29.8 Å². The van der Waals surface area contributed by atoms with Crippen molar-refractivity contribution in [3.8, 4) is 0 Å². The Morgan fingerprint density at radius 1 is 0.935 bits per heavy atom. The van der Waals surface area contributed by atoms with Crippen molar-refractivity contribution in [1.29, 1.82) is 0 Å². The molecule has 0 fully saturated rings. The van der Waals surface area contributed by atoms with E-state index in [0.717, 1.165) is 5.56 Å². The third kappa shape index (κ3) is 4.37. The Morgan fingerprint density at radius 3 is 2.32 bits per heavy atom. The van der Waals surface area contributed by atoms with Crippen molar-refractivity contribution in [3.05, 3.63) is 100 Å². The number of carbonyl (C=O) groups excluding carboxylic acids is 1. The van der Waals surface area contributed by atoms with Crippen LogP contribution in [0.25, 0.3) is 10.8 Å². The fourth-order valence-electron chi connectivity index (χ4n) is 3.21. The molecule has 0 aliphatic carbocycles. The van der Waals surface area contributed by atoms with Gasteiger partial charge in [-0.1, -0.05) is 54.6 Å². The topological polar surface area (TPSA) is 124 Å². The van der Waals surface area contributed by atoms with Crippen LogP contribution in [0, 0.1) is 0 Å². The number of nitrogens with two attached hydrogens (primary N) is 1. The molecular formula is C22H18N4O4S. The predicted octanol–water partition coefficient (Wildman–Crippen LogP) is 2.34. The highest BCUT2D eigenvalue weighted by molar-refractivity contribution is 7.89. The maximum absolute atomic E-state index is 13.0. The highest BCUT2D eigenvalue weighted by Gasteiger charge is 2.18. The first kappa shape index (κ1) is 20.5. The fraction of sp³-hybridized carbons (Fsp3) is 0.0455. The van der Waals surface area contributed by atoms with Gasteiger partial charge in [0.25, 0.3) is 11.5 Å². The Balaban J connectivity index is 1.77. The average molecular weight is 434 g/mol. The number of hydrogen-bond donors (Lipinski definition) is 2. The molecule has 0 radical (unpaired) electrons. The molecule has 31 heavy (non-hydrogen) atoms. The number of amides is 1. The van der Waals surface area contributed by atoms with E-state index < -0.39 is 15.9 Å². The molecule has 0 saturated carbocycles. The van der Waals surface area contributed by atoms with Gasteiger partial charge in [-0.2, -0.15) is 5.10 Å². The standard InChI is InChI=1S/C22H18N4O4S/c23-31(29,30)17-10-6-9-16(13-17)24-21(27)20-18-11-4-5-12-19(18)22(28)26(25-20)14-15-7-2-1-3-8-15/h1-13H,14H2,(H,24,27)(H2,23,29,30). The van der Waals surface area contributed by atoms with Gasteiger partial charge in [0.05, 0.1) is 16.8 Å². The number of nitrogens with zero attached hydrogens (tertiary/aromatic N) is 2. The molecule has 3 aromatic carbocycles. The average Bonchev–Trinajstić information content (AvgIpc) is 2.76. The van der Waals surface area contributed by atoms with Gasteiger partial charge in [-0.3, -0.25) is 9.59 Å². The summed E-state index contributed by atoms with van der Waals surface area (Å²) < 4.78 is 24.4. The van der Waals surface area contributed by atoms with Crippen LogP contribution in [0.15, 0.2) is 88.6 Å². The second-order valence-electron chi connectivity index (χ2n) is 6.87. The zero-order chi connectivity index (χ0) is 22.0. The van der Waals surface area contributed by atoms with Gasteiger partial charge in [0, 0.05) is 11.1 Å². The van der Waals surface area contributed by atoms with Crippen LogP contribution >= 0.6 is 0 Å². The summed E-state index contributed by atoms with van der Waals surface area (Å²) >= 11 is 0. The smallest absolute Gasteiger partial charge is 0.276 e. The molecule has 0 aliphatic heterocycles. The minimum absolute atomic E-state index is 0.0483. The van der Waals surface area contributed by atoms with E-state index in [9.17, 15) is 18.0 Å². The summed E-state index contributed by atoms with van der Waals surface area (Å²) in [6.07, 6.45) is 0. The number of rotatable bonds is 5. The summed E-state index contributed by atoms with van der Waals surface area (Å²) in [5.41, 5.74) is 0.835. The first-order valence-electron chi connectivity index (χ1n) is 9.31. The molecule has 3 N–H and O–H groups in total. The van der Waals surface area contributed by atoms with Crippen LogP contribution < -0.4 is 16.0 Å². The van der Waals surface area contributed by atoms with Crippen LogP contribution in [0.3, 0.4) is 0 Å². The lowest BCUT2D eigenvalue weighted by Crippen LogP contribution is -2.28. The fourth-order valence-corrected chi connectivity index (χ4v) is 3.77. The number of sulfonamides is 1. The van der Waals surface area contributed by atoms with E-state index in [4.69, 9.17) is 5.14 Å². The summed E-state index contributed by atoms with van der Waals surface area (Å²) in [6.45, 7) is 0.200. The summed E-state index contributed by atoms with van der Waals surface area (Å²) in [7, 11) is -3.92. The highest BCUT2D eigenvalue weighted by atomic mass is 32.2. The maximum Gasteiger partial charge on any atom is 0.276 e. The lowest BCUT2D eigenvalue weighted by molar-refractivity contribution is 0.102. The van der Waals surface area contributed by atoms with Crippen molar-refractivity contribution in [1.82, 2.24) is 9.78 Å². The van der Waals surface area contributed by atoms with Crippen LogP contribution in [0.2, 0.25) is 0 Å². The second-order valence-corrected chi connectivity index (χ2v) is 8.43. The molecule has 0 bridgehead atoms. The predicted molar refractivity (Wildman–Crippen MR) is 117 cm³/mol. The van der Waals surface area contributed by atoms with E-state index in [1.165, 1.54) is 28.9 Å². The minimum Gasteiger partial charge on any atom is -0.321 e. The largest absolute Gasteiger partial charge is 0.321 e. The van der Waals surface area contributed by atoms with Gasteiger partial charge in [0.2, 0.25) is 10.0 Å². The van der Waals surface area contributed by atoms with Gasteiger partial charge >= 0.3 is 0 Å². The van der Waals surface area contributed by atoms with Crippen LogP contribution in [0.4, 0.5) is 5.69 Å². The van der Waals surface area contributed by atoms with E-state index in [-0.39, 0.29) is 28.4 Å². The van der Waals surface area contributed by atoms with E-state index in [0.29, 0.717) is 10.8 Å². The molecule has 1 amide bonds. The Bertz CT molecular complexity index is 1450. The van der Waals surface area contributed by atoms with E-state index in [1.54, 1.807) is 24.3 Å². The first-order chi connectivity index (χ1) is 14.8. The van der Waals surface area contributed by atoms with Crippen LogP contribution in [0.5, 0.6) is 0 Å². The van der Waals surface area contributed by atoms with E-state index >= 15 is 0 Å². The van der Waals surface area contributed by atoms with Gasteiger partial charge < -0.3 is 5.32 Å². The zero-order valence-corrected chi connectivity index (χ0v) is 17.0. The maximum atomic E-state index is 13.0. The molecule has 1 aromatic heterocycles. The number of primary sulfonamides is 1. The first-order valence-corrected chi connectivity index (χ1v) is 10.9. The van der Waals surface area contributed by atoms with Gasteiger partial charge in [0.15, 0.2) is 5.69 Å². The summed E-state index contributed by atoms with van der Waals surface area (Å²) in [5.74, 6) is -0.579. The van der Waals surface area contributed by atoms with Crippen molar-refractivity contribution in [2.24, 2.45) is 5.14 Å². The second kappa shape index (κ2) is 8.13. The molecule has 0 atom stereocenters. The summed E-state index contributed by atoms with van der Waals surface area (Å²) in [6, 6.07) is 21.6. The number of anilines is 1. The Labute approximate surface area is 178 Å². The number of carbonyl (C=O) groups is 1. The minimum atomic E-state index is -3.92. The lowest BCUT2D eigenvalue weighted by Gasteiger charge is -2.12. The van der Waals surface area contributed by atoms with E-state index in [1.807, 2.05) is 30.3 Å². The van der Waals surface area contributed by atoms with E-state index in [2.05, 4.69) is 10.4 Å². The quantitative estimate of drug-likeness (QED) is 0.499. The SMILES string of the molecule is NS(=O)(=O)c1cccc(NC(=O)c2nn(Cc3ccccc3)c(=O)c3ccccc23)c1. The Kier molecular flexibility index (Phi) is 5.37. The third-order valence-electron chi connectivity index (χ3n) is 4.68. The number of hydrogen-bond acceptors (Lipinski definition) is 5. The Hall–Kier alpha value is -3.82. The van der Waals surface area contributed by atoms with Crippen molar-refractivity contribution in [3.63, 3.8) is 0 Å². The lowest BCUT2D eigenvalue weighted by atomic mass is 10.1. The van der Waals surface area contributed by atoms with Crippen LogP contribution in [-0.2, 0) is 16.6 Å². The number of benzene rings is 3. The van der Waals surface area contributed by atoms with Gasteiger partial charge in [0.1, 0.15) is 0 Å². The van der Waals surface area contributed by atoms with Crippen LogP contribution in [0.1, 0.15) is 16.1 Å². The van der Waals surface area contributed by atoms with Gasteiger partial charge in [-0.15, -0.1) is 0 Å². The normalized spacial score (nSPS) is 11.4. The number of fused-ring (bicyclic) bond motifs is 1. The molecule has 9 heteroatoms. The van der Waals surface area contributed by atoms with Crippen molar-refractivity contribution >= 4 is 32.4 Å². The van der Waals surface area contributed by atoms with Crippen molar-refractivity contribution in [2.45, 2.75) is 11.4 Å². The third-order valence-corrected chi connectivity index (χ3v) is 5.59. The monoisotopic (exact) mass is 434 g/mol. The summed E-state index contributed by atoms with van der Waals surface area (Å²) in [5, 5.41) is 12.9. The molecule has 1 heterocycles. The molecule has 8 nitrogen and oxygen atoms in total. The molecule has 4 aromatic rings.